The second-order valence-corrected chi connectivity index (χ2v) is 10.3. The van der Waals surface area contributed by atoms with E-state index in [-0.39, 0.29) is 11.5 Å². The van der Waals surface area contributed by atoms with E-state index in [0.717, 1.165) is 30.1 Å². The average molecular weight is 339 g/mol. The molecule has 25 heavy (non-hydrogen) atoms. The molecule has 4 saturated carbocycles. The van der Waals surface area contributed by atoms with Crippen LogP contribution in [0.4, 0.5) is 0 Å². The van der Waals surface area contributed by atoms with Gasteiger partial charge < -0.3 is 5.11 Å². The van der Waals surface area contributed by atoms with E-state index in [1.54, 1.807) is 5.57 Å². The van der Waals surface area contributed by atoms with Crippen LogP contribution in [0.5, 0.6) is 0 Å². The van der Waals surface area contributed by atoms with E-state index in [2.05, 4.69) is 38.2 Å². The summed E-state index contributed by atoms with van der Waals surface area (Å²) in [4.78, 5) is 0. The Balaban J connectivity index is 1.42. The lowest BCUT2D eigenvalue weighted by Crippen LogP contribution is -2.53. The van der Waals surface area contributed by atoms with Gasteiger partial charge in [-0.2, -0.15) is 0 Å². The number of aliphatic hydroxyl groups is 1. The summed E-state index contributed by atoms with van der Waals surface area (Å²) in [7, 11) is 0. The molecule has 1 nitrogen and oxygen atoms in total. The van der Waals surface area contributed by atoms with Gasteiger partial charge in [-0.05, 0) is 97.9 Å². The predicted molar refractivity (Wildman–Crippen MR) is 103 cm³/mol. The van der Waals surface area contributed by atoms with Crippen molar-refractivity contribution in [3.05, 3.63) is 35.5 Å². The highest BCUT2D eigenvalue weighted by atomic mass is 16.3. The summed E-state index contributed by atoms with van der Waals surface area (Å²) in [5.74, 6) is 3.48. The zero-order valence-corrected chi connectivity index (χ0v) is 16.0. The smallest absolute Gasteiger partial charge is 0.0596 e. The molecule has 5 rings (SSSR count). The van der Waals surface area contributed by atoms with Gasteiger partial charge in [0.15, 0.2) is 0 Å². The maximum atomic E-state index is 10.6. The van der Waals surface area contributed by atoms with E-state index >= 15 is 0 Å². The third-order valence-corrected chi connectivity index (χ3v) is 9.54. The third kappa shape index (κ3) is 2.24. The number of fused-ring (bicyclic) bond motifs is 5. The molecule has 0 radical (unpaired) electrons. The van der Waals surface area contributed by atoms with E-state index < -0.39 is 0 Å². The van der Waals surface area contributed by atoms with Crippen LogP contribution in [0.2, 0.25) is 0 Å². The molecule has 0 amide bonds. The van der Waals surface area contributed by atoms with Crippen LogP contribution in [0.1, 0.15) is 71.6 Å². The van der Waals surface area contributed by atoms with Crippen LogP contribution < -0.4 is 0 Å². The van der Waals surface area contributed by atoms with Gasteiger partial charge in [-0.15, -0.1) is 0 Å². The predicted octanol–water partition coefficient (Wildman–Crippen LogP) is 5.81. The molecule has 1 heteroatoms. The Hall–Kier alpha value is -0.820. The fourth-order valence-corrected chi connectivity index (χ4v) is 7.92. The van der Waals surface area contributed by atoms with Crippen LogP contribution in [-0.4, -0.2) is 11.2 Å². The van der Waals surface area contributed by atoms with Crippen molar-refractivity contribution in [3.8, 4) is 0 Å². The van der Waals surface area contributed by atoms with Gasteiger partial charge in [0.1, 0.15) is 0 Å². The summed E-state index contributed by atoms with van der Waals surface area (Å²) in [6, 6.07) is 0. The molecule has 136 valence electrons. The molecular weight excluding hydrogens is 304 g/mol. The average Bonchev–Trinajstić information content (AvgIpc) is 3.23. The van der Waals surface area contributed by atoms with Crippen molar-refractivity contribution in [2.24, 2.45) is 34.5 Å². The summed E-state index contributed by atoms with van der Waals surface area (Å²) >= 11 is 0. The van der Waals surface area contributed by atoms with E-state index in [9.17, 15) is 5.11 Å². The number of aliphatic hydroxyl groups excluding tert-OH is 1. The molecular formula is C24H34O. The first kappa shape index (κ1) is 16.4. The SMILES string of the molecule is C[C@]12CCC(=C3C=CC=C3)CC1CC[C@@H]1[C@@H]2CC[C@]2(C)C(O)CC[C@@H]12. The molecule has 0 aromatic heterocycles. The monoisotopic (exact) mass is 338 g/mol. The molecule has 0 heterocycles. The molecule has 5 aliphatic rings. The van der Waals surface area contributed by atoms with Gasteiger partial charge in [0, 0.05) is 0 Å². The van der Waals surface area contributed by atoms with Crippen LogP contribution in [0.3, 0.4) is 0 Å². The molecule has 0 spiro atoms. The molecule has 7 atom stereocenters. The van der Waals surface area contributed by atoms with Gasteiger partial charge >= 0.3 is 0 Å². The standard InChI is InChI=1S/C24H34O/c1-23-13-11-17(16-5-3-4-6-16)15-18(23)7-8-19-20-9-10-22(25)24(20,2)14-12-21(19)23/h3-6,18-22,25H,7-15H2,1-2H3/t18?,19-,20-,21-,22?,23-,24-/m0/s1. The van der Waals surface area contributed by atoms with Gasteiger partial charge in [-0.3, -0.25) is 0 Å². The van der Waals surface area contributed by atoms with Crippen LogP contribution in [0, 0.1) is 34.5 Å². The quantitative estimate of drug-likeness (QED) is 0.590. The first-order valence-corrected chi connectivity index (χ1v) is 10.8. The Kier molecular flexibility index (Phi) is 3.66. The van der Waals surface area contributed by atoms with Crippen molar-refractivity contribution in [3.63, 3.8) is 0 Å². The topological polar surface area (TPSA) is 20.2 Å². The number of hydrogen-bond acceptors (Lipinski definition) is 1. The minimum atomic E-state index is -0.0346. The Morgan fingerprint density at radius 3 is 2.44 bits per heavy atom. The van der Waals surface area contributed by atoms with Gasteiger partial charge in [-0.1, -0.05) is 43.7 Å². The second kappa shape index (κ2) is 5.59. The van der Waals surface area contributed by atoms with Gasteiger partial charge in [-0.25, -0.2) is 0 Å². The Morgan fingerprint density at radius 2 is 1.64 bits per heavy atom. The van der Waals surface area contributed by atoms with Crippen LogP contribution in [0.25, 0.3) is 0 Å². The zero-order valence-electron chi connectivity index (χ0n) is 16.0. The minimum Gasteiger partial charge on any atom is -0.393 e. The lowest BCUT2D eigenvalue weighted by atomic mass is 9.45. The van der Waals surface area contributed by atoms with E-state index in [0.29, 0.717) is 5.41 Å². The molecule has 0 saturated heterocycles. The number of rotatable bonds is 0. The molecule has 2 unspecified atom stereocenters. The first-order valence-electron chi connectivity index (χ1n) is 10.8. The van der Waals surface area contributed by atoms with E-state index in [1.807, 2.05) is 0 Å². The highest BCUT2D eigenvalue weighted by Crippen LogP contribution is 2.66. The number of hydrogen-bond donors (Lipinski definition) is 1. The van der Waals surface area contributed by atoms with Crippen LogP contribution >= 0.6 is 0 Å². The summed E-state index contributed by atoms with van der Waals surface area (Å²) in [5, 5.41) is 10.6. The lowest BCUT2D eigenvalue weighted by molar-refractivity contribution is -0.115. The Bertz CT molecular complexity index is 641. The minimum absolute atomic E-state index is 0.0346. The fraction of sp³-hybridized carbons (Fsp3) is 0.750. The molecule has 0 aromatic carbocycles. The van der Waals surface area contributed by atoms with Crippen molar-refractivity contribution in [2.45, 2.75) is 77.7 Å². The molecule has 1 N–H and O–H groups in total. The molecule has 5 aliphatic carbocycles. The highest BCUT2D eigenvalue weighted by Gasteiger charge is 2.59. The fourth-order valence-electron chi connectivity index (χ4n) is 7.92. The van der Waals surface area contributed by atoms with Crippen LogP contribution in [0.15, 0.2) is 35.5 Å². The molecule has 4 fully saturated rings. The van der Waals surface area contributed by atoms with Crippen molar-refractivity contribution >= 4 is 0 Å². The van der Waals surface area contributed by atoms with Crippen molar-refractivity contribution in [1.82, 2.24) is 0 Å². The summed E-state index contributed by atoms with van der Waals surface area (Å²) in [5.41, 5.74) is 4.02. The van der Waals surface area contributed by atoms with Crippen molar-refractivity contribution in [2.75, 3.05) is 0 Å². The zero-order chi connectivity index (χ0) is 17.2. The largest absolute Gasteiger partial charge is 0.393 e. The van der Waals surface area contributed by atoms with Gasteiger partial charge in [0.2, 0.25) is 0 Å². The summed E-state index contributed by atoms with van der Waals surface area (Å²) < 4.78 is 0. The van der Waals surface area contributed by atoms with Crippen LogP contribution in [-0.2, 0) is 0 Å². The van der Waals surface area contributed by atoms with Crippen molar-refractivity contribution < 1.29 is 5.11 Å². The van der Waals surface area contributed by atoms with E-state index in [4.69, 9.17) is 0 Å². The van der Waals surface area contributed by atoms with Gasteiger partial charge in [0.25, 0.3) is 0 Å². The summed E-state index contributed by atoms with van der Waals surface area (Å²) in [6.07, 6.45) is 20.8. The van der Waals surface area contributed by atoms with Gasteiger partial charge in [0.05, 0.1) is 6.10 Å². The Morgan fingerprint density at radius 1 is 0.880 bits per heavy atom. The van der Waals surface area contributed by atoms with E-state index in [1.165, 1.54) is 56.9 Å². The third-order valence-electron chi connectivity index (χ3n) is 9.54. The second-order valence-electron chi connectivity index (χ2n) is 10.3. The Labute approximate surface area is 153 Å². The maximum Gasteiger partial charge on any atom is 0.0596 e. The molecule has 0 bridgehead atoms. The summed E-state index contributed by atoms with van der Waals surface area (Å²) in [6.45, 7) is 5.05. The lowest BCUT2D eigenvalue weighted by Gasteiger charge is -2.60. The molecule has 0 aromatic rings. The van der Waals surface area contributed by atoms with Crippen molar-refractivity contribution in [1.29, 1.82) is 0 Å². The highest BCUT2D eigenvalue weighted by molar-refractivity contribution is 5.44. The normalized spacial score (nSPS) is 51.4. The first-order chi connectivity index (χ1) is 12.0. The maximum absolute atomic E-state index is 10.6. The molecule has 0 aliphatic heterocycles. The number of allylic oxidation sites excluding steroid dienone is 6.